The standard InChI is InChI=1S/C13H22N2O/c1-3-4-5-6-10-16-13-9-7-8-12(11-13)15(2)14/h7-9,11H,3-6,10,14H2,1-2H3. The molecule has 0 atom stereocenters. The quantitative estimate of drug-likeness (QED) is 0.438. The lowest BCUT2D eigenvalue weighted by Gasteiger charge is -2.13. The van der Waals surface area contributed by atoms with Gasteiger partial charge < -0.3 is 9.75 Å². The average molecular weight is 222 g/mol. The lowest BCUT2D eigenvalue weighted by Crippen LogP contribution is -2.24. The molecule has 0 spiro atoms. The fourth-order valence-corrected chi connectivity index (χ4v) is 1.51. The van der Waals surface area contributed by atoms with Gasteiger partial charge in [-0.2, -0.15) is 0 Å². The van der Waals surface area contributed by atoms with E-state index in [4.69, 9.17) is 10.6 Å². The van der Waals surface area contributed by atoms with Gasteiger partial charge in [-0.3, -0.25) is 0 Å². The molecule has 0 aromatic heterocycles. The number of hydrogen-bond acceptors (Lipinski definition) is 3. The first-order valence-corrected chi connectivity index (χ1v) is 5.95. The predicted molar refractivity (Wildman–Crippen MR) is 68.7 cm³/mol. The topological polar surface area (TPSA) is 38.5 Å². The van der Waals surface area contributed by atoms with Crippen LogP contribution in [0.25, 0.3) is 0 Å². The summed E-state index contributed by atoms with van der Waals surface area (Å²) in [6, 6.07) is 7.84. The normalized spacial score (nSPS) is 10.2. The Morgan fingerprint density at radius 3 is 2.75 bits per heavy atom. The number of hydrogen-bond donors (Lipinski definition) is 1. The third-order valence-corrected chi connectivity index (χ3v) is 2.49. The minimum Gasteiger partial charge on any atom is -0.494 e. The Kier molecular flexibility index (Phi) is 5.72. The van der Waals surface area contributed by atoms with Crippen molar-refractivity contribution in [1.29, 1.82) is 0 Å². The van der Waals surface area contributed by atoms with E-state index < -0.39 is 0 Å². The van der Waals surface area contributed by atoms with E-state index in [1.807, 2.05) is 31.3 Å². The van der Waals surface area contributed by atoms with Crippen molar-refractivity contribution >= 4 is 5.69 Å². The van der Waals surface area contributed by atoms with E-state index in [-0.39, 0.29) is 0 Å². The van der Waals surface area contributed by atoms with Gasteiger partial charge in [-0.15, -0.1) is 0 Å². The summed E-state index contributed by atoms with van der Waals surface area (Å²) < 4.78 is 5.66. The Morgan fingerprint density at radius 1 is 1.25 bits per heavy atom. The van der Waals surface area contributed by atoms with Crippen LogP contribution < -0.4 is 15.6 Å². The molecule has 0 fully saturated rings. The van der Waals surface area contributed by atoms with Crippen LogP contribution in [0.4, 0.5) is 5.69 Å². The molecule has 0 saturated heterocycles. The van der Waals surface area contributed by atoms with Crippen LogP contribution >= 0.6 is 0 Å². The van der Waals surface area contributed by atoms with Gasteiger partial charge in [0.05, 0.1) is 12.3 Å². The molecule has 0 bridgehead atoms. The number of hydrazine groups is 1. The first-order valence-electron chi connectivity index (χ1n) is 5.95. The molecule has 3 nitrogen and oxygen atoms in total. The van der Waals surface area contributed by atoms with Gasteiger partial charge in [0.25, 0.3) is 0 Å². The smallest absolute Gasteiger partial charge is 0.121 e. The van der Waals surface area contributed by atoms with E-state index in [9.17, 15) is 0 Å². The molecule has 0 heterocycles. The molecule has 90 valence electrons. The van der Waals surface area contributed by atoms with E-state index in [1.165, 1.54) is 19.3 Å². The van der Waals surface area contributed by atoms with Crippen molar-refractivity contribution in [3.05, 3.63) is 24.3 Å². The van der Waals surface area contributed by atoms with Gasteiger partial charge >= 0.3 is 0 Å². The molecule has 1 rings (SSSR count). The molecule has 2 N–H and O–H groups in total. The molecule has 0 aliphatic heterocycles. The van der Waals surface area contributed by atoms with Crippen LogP contribution in [0.2, 0.25) is 0 Å². The summed E-state index contributed by atoms with van der Waals surface area (Å²) in [6.45, 7) is 3.00. The van der Waals surface area contributed by atoms with Crippen molar-refractivity contribution in [2.24, 2.45) is 5.84 Å². The monoisotopic (exact) mass is 222 g/mol. The summed E-state index contributed by atoms with van der Waals surface area (Å²) in [5.74, 6) is 6.55. The van der Waals surface area contributed by atoms with Crippen molar-refractivity contribution < 1.29 is 4.74 Å². The molecule has 1 aromatic carbocycles. The van der Waals surface area contributed by atoms with Crippen LogP contribution in [0.5, 0.6) is 5.75 Å². The minimum atomic E-state index is 0.789. The van der Waals surface area contributed by atoms with Gasteiger partial charge in [0, 0.05) is 13.1 Å². The van der Waals surface area contributed by atoms with Gasteiger partial charge in [0.2, 0.25) is 0 Å². The molecule has 0 aliphatic rings. The number of nitrogens with two attached hydrogens (primary N) is 1. The van der Waals surface area contributed by atoms with Gasteiger partial charge in [0.15, 0.2) is 0 Å². The van der Waals surface area contributed by atoms with Crippen molar-refractivity contribution in [2.45, 2.75) is 32.6 Å². The molecule has 0 unspecified atom stereocenters. The SMILES string of the molecule is CCCCCCOc1cccc(N(C)N)c1. The maximum atomic E-state index is 5.66. The summed E-state index contributed by atoms with van der Waals surface area (Å²) in [5.41, 5.74) is 0.964. The summed E-state index contributed by atoms with van der Waals surface area (Å²) >= 11 is 0. The van der Waals surface area contributed by atoms with Crippen LogP contribution in [-0.2, 0) is 0 Å². The van der Waals surface area contributed by atoms with Gasteiger partial charge in [-0.05, 0) is 18.6 Å². The number of rotatable bonds is 7. The predicted octanol–water partition coefficient (Wildman–Crippen LogP) is 2.96. The number of benzene rings is 1. The van der Waals surface area contributed by atoms with E-state index in [1.54, 1.807) is 5.01 Å². The molecule has 16 heavy (non-hydrogen) atoms. The highest BCUT2D eigenvalue weighted by atomic mass is 16.5. The van der Waals surface area contributed by atoms with E-state index in [0.717, 1.165) is 24.5 Å². The molecule has 1 aromatic rings. The maximum absolute atomic E-state index is 5.66. The van der Waals surface area contributed by atoms with Gasteiger partial charge in [-0.25, -0.2) is 5.84 Å². The first kappa shape index (κ1) is 12.8. The van der Waals surface area contributed by atoms with Crippen LogP contribution in [0, 0.1) is 0 Å². The summed E-state index contributed by atoms with van der Waals surface area (Å²) in [5, 5.41) is 1.59. The fraction of sp³-hybridized carbons (Fsp3) is 0.538. The Bertz CT molecular complexity index is 300. The molecule has 0 radical (unpaired) electrons. The van der Waals surface area contributed by atoms with Gasteiger partial charge in [0.1, 0.15) is 5.75 Å². The minimum absolute atomic E-state index is 0.789. The van der Waals surface area contributed by atoms with Gasteiger partial charge in [-0.1, -0.05) is 32.3 Å². The number of ether oxygens (including phenoxy) is 1. The van der Waals surface area contributed by atoms with Crippen LogP contribution in [0.15, 0.2) is 24.3 Å². The Balaban J connectivity index is 2.33. The average Bonchev–Trinajstić information content (AvgIpc) is 2.29. The largest absolute Gasteiger partial charge is 0.494 e. The number of anilines is 1. The third-order valence-electron chi connectivity index (χ3n) is 2.49. The Morgan fingerprint density at radius 2 is 2.06 bits per heavy atom. The Hall–Kier alpha value is -1.22. The molecular formula is C13H22N2O. The van der Waals surface area contributed by atoms with Crippen molar-refractivity contribution in [2.75, 3.05) is 18.7 Å². The lowest BCUT2D eigenvalue weighted by atomic mass is 10.2. The van der Waals surface area contributed by atoms with Crippen LogP contribution in [-0.4, -0.2) is 13.7 Å². The van der Waals surface area contributed by atoms with E-state index >= 15 is 0 Å². The summed E-state index contributed by atoms with van der Waals surface area (Å²) in [6.07, 6.45) is 4.91. The third kappa shape index (κ3) is 4.53. The summed E-state index contributed by atoms with van der Waals surface area (Å²) in [4.78, 5) is 0. The van der Waals surface area contributed by atoms with E-state index in [2.05, 4.69) is 6.92 Å². The van der Waals surface area contributed by atoms with Crippen molar-refractivity contribution in [3.8, 4) is 5.75 Å². The molecule has 0 aliphatic carbocycles. The fourth-order valence-electron chi connectivity index (χ4n) is 1.51. The molecule has 0 amide bonds. The summed E-state index contributed by atoms with van der Waals surface area (Å²) in [7, 11) is 1.82. The zero-order valence-corrected chi connectivity index (χ0v) is 10.3. The highest BCUT2D eigenvalue weighted by molar-refractivity contribution is 5.48. The van der Waals surface area contributed by atoms with Crippen molar-refractivity contribution in [3.63, 3.8) is 0 Å². The first-order chi connectivity index (χ1) is 7.74. The van der Waals surface area contributed by atoms with Crippen LogP contribution in [0.1, 0.15) is 32.6 Å². The zero-order chi connectivity index (χ0) is 11.8. The second-order valence-corrected chi connectivity index (χ2v) is 4.02. The highest BCUT2D eigenvalue weighted by Crippen LogP contribution is 2.18. The van der Waals surface area contributed by atoms with E-state index in [0.29, 0.717) is 0 Å². The Labute approximate surface area is 98.2 Å². The number of unbranched alkanes of at least 4 members (excludes halogenated alkanes) is 3. The van der Waals surface area contributed by atoms with Crippen LogP contribution in [0.3, 0.4) is 0 Å². The molecule has 3 heteroatoms. The van der Waals surface area contributed by atoms with Crippen molar-refractivity contribution in [1.82, 2.24) is 0 Å². The lowest BCUT2D eigenvalue weighted by molar-refractivity contribution is 0.305. The molecular weight excluding hydrogens is 200 g/mol. The number of nitrogens with zero attached hydrogens (tertiary/aromatic N) is 1. The maximum Gasteiger partial charge on any atom is 0.121 e. The second kappa shape index (κ2) is 7.12. The second-order valence-electron chi connectivity index (χ2n) is 4.02. The highest BCUT2D eigenvalue weighted by Gasteiger charge is 1.98. The zero-order valence-electron chi connectivity index (χ0n) is 10.3. The molecule has 0 saturated carbocycles.